The van der Waals surface area contributed by atoms with E-state index in [1.807, 2.05) is 17.1 Å². The lowest BCUT2D eigenvalue weighted by Gasteiger charge is -2.28. The monoisotopic (exact) mass is 444 g/mol. The maximum absolute atomic E-state index is 13.5. The molecule has 0 radical (unpaired) electrons. The molecule has 3 aliphatic rings. The summed E-state index contributed by atoms with van der Waals surface area (Å²) in [6, 6.07) is 0. The molecule has 1 aromatic heterocycles. The molecule has 2 heterocycles. The molecule has 4 rings (SSSR count). The number of hydrogen-bond acceptors (Lipinski definition) is 4. The van der Waals surface area contributed by atoms with Crippen molar-refractivity contribution in [3.05, 3.63) is 28.2 Å². The van der Waals surface area contributed by atoms with E-state index < -0.39 is 17.8 Å². The fourth-order valence-corrected chi connectivity index (χ4v) is 6.51. The molecular weight excluding hydrogens is 412 g/mol. The Morgan fingerprint density at radius 2 is 1.84 bits per heavy atom. The largest absolute Gasteiger partial charge is 0.481 e. The number of rotatable bonds is 5. The fourth-order valence-electron chi connectivity index (χ4n) is 5.15. The minimum absolute atomic E-state index is 0.0285. The third kappa shape index (κ3) is 4.56. The number of carboxylic acids is 1. The topological polar surface area (TPSA) is 86.7 Å². The maximum Gasteiger partial charge on any atom is 0.307 e. The van der Waals surface area contributed by atoms with Crippen LogP contribution in [0.25, 0.3) is 0 Å². The van der Waals surface area contributed by atoms with Gasteiger partial charge in [0.15, 0.2) is 0 Å². The van der Waals surface area contributed by atoms with E-state index >= 15 is 0 Å². The molecular formula is C24H32N2O4S. The molecule has 6 nitrogen and oxygen atoms in total. The molecule has 168 valence electrons. The number of hydrogen-bond donors (Lipinski definition) is 2. The molecule has 7 heteroatoms. The number of anilines is 1. The molecule has 2 amide bonds. The maximum atomic E-state index is 13.5. The number of amides is 2. The molecule has 0 saturated carbocycles. The summed E-state index contributed by atoms with van der Waals surface area (Å²) in [6.45, 7) is 3.74. The highest BCUT2D eigenvalue weighted by Crippen LogP contribution is 2.42. The minimum Gasteiger partial charge on any atom is -0.481 e. The first kappa shape index (κ1) is 22.1. The molecule has 1 saturated heterocycles. The van der Waals surface area contributed by atoms with Gasteiger partial charge in [0.2, 0.25) is 5.91 Å². The minimum atomic E-state index is -0.939. The van der Waals surface area contributed by atoms with Crippen LogP contribution in [0, 0.1) is 17.8 Å². The quantitative estimate of drug-likeness (QED) is 0.655. The lowest BCUT2D eigenvalue weighted by molar-refractivity contribution is -0.146. The lowest BCUT2D eigenvalue weighted by atomic mass is 9.82. The molecule has 3 atom stereocenters. The highest BCUT2D eigenvalue weighted by atomic mass is 32.1. The van der Waals surface area contributed by atoms with Gasteiger partial charge in [-0.3, -0.25) is 14.4 Å². The number of carboxylic acid groups (broad SMARTS) is 1. The number of carbonyl (C=O) groups excluding carboxylic acids is 2. The molecule has 2 N–H and O–H groups in total. The van der Waals surface area contributed by atoms with Gasteiger partial charge >= 0.3 is 5.97 Å². The number of piperidine rings is 1. The third-order valence-corrected chi connectivity index (χ3v) is 8.29. The second kappa shape index (κ2) is 9.55. The summed E-state index contributed by atoms with van der Waals surface area (Å²) in [4.78, 5) is 41.5. The van der Waals surface area contributed by atoms with E-state index in [1.165, 1.54) is 16.2 Å². The van der Waals surface area contributed by atoms with E-state index in [9.17, 15) is 19.5 Å². The first-order valence-corrected chi connectivity index (χ1v) is 12.4. The summed E-state index contributed by atoms with van der Waals surface area (Å²) in [5.74, 6) is -1.90. The molecule has 0 bridgehead atoms. The van der Waals surface area contributed by atoms with Crippen LogP contribution >= 0.6 is 11.3 Å². The summed E-state index contributed by atoms with van der Waals surface area (Å²) in [6.07, 6.45) is 11.7. The Balaban J connectivity index is 1.63. The van der Waals surface area contributed by atoms with Crippen molar-refractivity contribution in [3.63, 3.8) is 0 Å². The number of allylic oxidation sites excluding steroid dienone is 2. The Bertz CT molecular complexity index is 884. The summed E-state index contributed by atoms with van der Waals surface area (Å²) in [7, 11) is 0. The third-order valence-electron chi connectivity index (χ3n) is 7.12. The lowest BCUT2D eigenvalue weighted by Crippen LogP contribution is -2.37. The smallest absolute Gasteiger partial charge is 0.307 e. The van der Waals surface area contributed by atoms with E-state index in [4.69, 9.17) is 0 Å². The van der Waals surface area contributed by atoms with Crippen LogP contribution in [-0.2, 0) is 22.4 Å². The van der Waals surface area contributed by atoms with Crippen molar-refractivity contribution in [1.82, 2.24) is 4.90 Å². The van der Waals surface area contributed by atoms with Crippen LogP contribution in [0.2, 0.25) is 0 Å². The molecule has 0 spiro atoms. The average molecular weight is 445 g/mol. The average Bonchev–Trinajstić information content (AvgIpc) is 3.15. The number of fused-ring (bicyclic) bond motifs is 1. The normalized spacial score (nSPS) is 25.7. The van der Waals surface area contributed by atoms with Gasteiger partial charge in [-0.05, 0) is 62.8 Å². The SMILES string of the molecule is CC[C@@H]1CCc2c(sc(NC(=O)[C@H]3CC=CC[C@H]3C(=O)O)c2C(=O)N2CCCCC2)C1. The first-order valence-electron chi connectivity index (χ1n) is 11.6. The summed E-state index contributed by atoms with van der Waals surface area (Å²) >= 11 is 1.53. The predicted molar refractivity (Wildman–Crippen MR) is 121 cm³/mol. The van der Waals surface area contributed by atoms with Crippen LogP contribution in [0.4, 0.5) is 5.00 Å². The molecule has 1 aromatic rings. The Morgan fingerprint density at radius 3 is 2.52 bits per heavy atom. The van der Waals surface area contributed by atoms with Gasteiger partial charge < -0.3 is 15.3 Å². The van der Waals surface area contributed by atoms with Gasteiger partial charge in [0.05, 0.1) is 17.4 Å². The van der Waals surface area contributed by atoms with Crippen molar-refractivity contribution >= 4 is 34.1 Å². The van der Waals surface area contributed by atoms with E-state index in [2.05, 4.69) is 12.2 Å². The zero-order chi connectivity index (χ0) is 22.0. The van der Waals surface area contributed by atoms with Gasteiger partial charge in [0.25, 0.3) is 5.91 Å². The van der Waals surface area contributed by atoms with Crippen molar-refractivity contribution in [3.8, 4) is 0 Å². The van der Waals surface area contributed by atoms with Crippen molar-refractivity contribution < 1.29 is 19.5 Å². The highest BCUT2D eigenvalue weighted by molar-refractivity contribution is 7.17. The van der Waals surface area contributed by atoms with Gasteiger partial charge in [0, 0.05) is 18.0 Å². The van der Waals surface area contributed by atoms with E-state index in [-0.39, 0.29) is 11.8 Å². The van der Waals surface area contributed by atoms with Crippen molar-refractivity contribution in [2.45, 2.75) is 64.7 Å². The summed E-state index contributed by atoms with van der Waals surface area (Å²) in [5.41, 5.74) is 1.78. The van der Waals surface area contributed by atoms with Crippen molar-refractivity contribution in [1.29, 1.82) is 0 Å². The second-order valence-corrected chi connectivity index (χ2v) is 10.2. The van der Waals surface area contributed by atoms with Crippen LogP contribution in [0.3, 0.4) is 0 Å². The van der Waals surface area contributed by atoms with E-state index in [0.29, 0.717) is 29.3 Å². The molecule has 0 aromatic carbocycles. The highest BCUT2D eigenvalue weighted by Gasteiger charge is 2.36. The Kier molecular flexibility index (Phi) is 6.80. The van der Waals surface area contributed by atoms with Crippen LogP contribution < -0.4 is 5.32 Å². The number of carbonyl (C=O) groups is 3. The number of nitrogens with one attached hydrogen (secondary N) is 1. The Labute approximate surface area is 187 Å². The van der Waals surface area contributed by atoms with Crippen molar-refractivity contribution in [2.24, 2.45) is 17.8 Å². The number of aliphatic carboxylic acids is 1. The van der Waals surface area contributed by atoms with Crippen LogP contribution in [0.15, 0.2) is 12.2 Å². The standard InChI is InChI=1S/C24H32N2O4S/c1-2-15-10-11-18-19(14-15)31-22(20(18)23(28)26-12-6-3-7-13-26)25-21(27)16-8-4-5-9-17(16)24(29)30/h4-5,15-17H,2-3,6-14H2,1H3,(H,25,27)(H,29,30)/t15-,16+,17-/m1/s1. The number of nitrogens with zero attached hydrogens (tertiary/aromatic N) is 1. The zero-order valence-corrected chi connectivity index (χ0v) is 19.0. The molecule has 31 heavy (non-hydrogen) atoms. The van der Waals surface area contributed by atoms with E-state index in [1.54, 1.807) is 0 Å². The number of thiophene rings is 1. The van der Waals surface area contributed by atoms with Gasteiger partial charge in [-0.1, -0.05) is 25.5 Å². The Hall–Kier alpha value is -2.15. The zero-order valence-electron chi connectivity index (χ0n) is 18.2. The Morgan fingerprint density at radius 1 is 1.13 bits per heavy atom. The fraction of sp³-hybridized carbons (Fsp3) is 0.625. The van der Waals surface area contributed by atoms with Gasteiger partial charge in [-0.25, -0.2) is 0 Å². The van der Waals surface area contributed by atoms with Gasteiger partial charge in [-0.15, -0.1) is 11.3 Å². The molecule has 1 fully saturated rings. The van der Waals surface area contributed by atoms with Crippen LogP contribution in [0.1, 0.15) is 72.7 Å². The summed E-state index contributed by atoms with van der Waals surface area (Å²) in [5, 5.41) is 13.2. The van der Waals surface area contributed by atoms with Crippen LogP contribution in [0.5, 0.6) is 0 Å². The van der Waals surface area contributed by atoms with Gasteiger partial charge in [-0.2, -0.15) is 0 Å². The number of likely N-dealkylation sites (tertiary alicyclic amines) is 1. The van der Waals surface area contributed by atoms with Crippen molar-refractivity contribution in [2.75, 3.05) is 18.4 Å². The van der Waals surface area contributed by atoms with E-state index in [0.717, 1.165) is 63.6 Å². The molecule has 0 unspecified atom stereocenters. The molecule has 1 aliphatic heterocycles. The summed E-state index contributed by atoms with van der Waals surface area (Å²) < 4.78 is 0. The second-order valence-electron chi connectivity index (χ2n) is 9.06. The van der Waals surface area contributed by atoms with Crippen LogP contribution in [-0.4, -0.2) is 40.9 Å². The first-order chi connectivity index (χ1) is 15.0. The predicted octanol–water partition coefficient (Wildman–Crippen LogP) is 4.49. The molecule has 2 aliphatic carbocycles. The van der Waals surface area contributed by atoms with Gasteiger partial charge in [0.1, 0.15) is 5.00 Å².